The summed E-state index contributed by atoms with van der Waals surface area (Å²) < 4.78 is 2.67. The highest BCUT2D eigenvalue weighted by Crippen LogP contribution is 2.22. The Bertz CT molecular complexity index is 504. The first-order valence-corrected chi connectivity index (χ1v) is 5.25. The van der Waals surface area contributed by atoms with Crippen molar-refractivity contribution in [2.24, 2.45) is 0 Å². The zero-order chi connectivity index (χ0) is 11.0. The van der Waals surface area contributed by atoms with E-state index in [1.807, 2.05) is 25.1 Å². The fourth-order valence-electron chi connectivity index (χ4n) is 1.46. The molecule has 78 valence electrons. The van der Waals surface area contributed by atoms with E-state index in [1.54, 1.807) is 10.7 Å². The predicted octanol–water partition coefficient (Wildman–Crippen LogP) is 2.11. The quantitative estimate of drug-likeness (QED) is 0.831. The molecule has 1 aromatic carbocycles. The molecule has 0 saturated carbocycles. The van der Waals surface area contributed by atoms with E-state index in [2.05, 4.69) is 21.0 Å². The van der Waals surface area contributed by atoms with Crippen molar-refractivity contribution in [3.05, 3.63) is 34.3 Å². The maximum absolute atomic E-state index is 5.79. The second-order valence-corrected chi connectivity index (χ2v) is 4.25. The molecule has 0 aliphatic rings. The molecule has 0 fully saturated rings. The number of hydrogen-bond donors (Lipinski definition) is 2. The Hall–Kier alpha value is -1.49. The van der Waals surface area contributed by atoms with E-state index < -0.39 is 0 Å². The normalized spacial score (nSPS) is 10.5. The largest absolute Gasteiger partial charge is 0.384 e. The van der Waals surface area contributed by atoms with Crippen LogP contribution < -0.4 is 11.5 Å². The van der Waals surface area contributed by atoms with Crippen LogP contribution in [-0.4, -0.2) is 9.78 Å². The summed E-state index contributed by atoms with van der Waals surface area (Å²) in [6, 6.07) is 7.54. The summed E-state index contributed by atoms with van der Waals surface area (Å²) in [6.07, 6.45) is 0. The number of aryl methyl sites for hydroxylation is 1. The van der Waals surface area contributed by atoms with Crippen molar-refractivity contribution in [3.63, 3.8) is 0 Å². The molecule has 0 radical (unpaired) electrons. The molecule has 5 heteroatoms. The van der Waals surface area contributed by atoms with Crippen molar-refractivity contribution in [1.29, 1.82) is 0 Å². The van der Waals surface area contributed by atoms with Crippen molar-refractivity contribution < 1.29 is 0 Å². The molecule has 4 nitrogen and oxygen atoms in total. The number of rotatable bonds is 1. The van der Waals surface area contributed by atoms with Crippen LogP contribution in [-0.2, 0) is 0 Å². The number of nitrogen functional groups attached to an aromatic ring is 2. The molecular formula is C10H11BrN4. The van der Waals surface area contributed by atoms with Gasteiger partial charge in [-0.15, -0.1) is 5.10 Å². The minimum atomic E-state index is 0.426. The molecule has 0 bridgehead atoms. The number of benzene rings is 1. The Morgan fingerprint density at radius 2 is 2.00 bits per heavy atom. The molecule has 0 atom stereocenters. The maximum Gasteiger partial charge on any atom is 0.148 e. The predicted molar refractivity (Wildman–Crippen MR) is 64.8 cm³/mol. The molecule has 2 rings (SSSR count). The van der Waals surface area contributed by atoms with E-state index >= 15 is 0 Å². The Morgan fingerprint density at radius 1 is 1.27 bits per heavy atom. The van der Waals surface area contributed by atoms with Gasteiger partial charge in [0.2, 0.25) is 0 Å². The summed E-state index contributed by atoms with van der Waals surface area (Å²) in [5, 5.41) is 4.13. The van der Waals surface area contributed by atoms with E-state index in [0.717, 1.165) is 15.7 Å². The number of hydrogen-bond acceptors (Lipinski definition) is 3. The second kappa shape index (κ2) is 3.58. The Morgan fingerprint density at radius 3 is 2.53 bits per heavy atom. The second-order valence-electron chi connectivity index (χ2n) is 3.34. The van der Waals surface area contributed by atoms with Gasteiger partial charge in [-0.3, -0.25) is 0 Å². The minimum absolute atomic E-state index is 0.426. The van der Waals surface area contributed by atoms with Crippen LogP contribution >= 0.6 is 15.9 Å². The van der Waals surface area contributed by atoms with Crippen molar-refractivity contribution in [1.82, 2.24) is 9.78 Å². The van der Waals surface area contributed by atoms with Gasteiger partial charge in [-0.25, -0.2) is 4.68 Å². The third kappa shape index (κ3) is 1.83. The van der Waals surface area contributed by atoms with E-state index in [4.69, 9.17) is 11.5 Å². The maximum atomic E-state index is 5.79. The van der Waals surface area contributed by atoms with Crippen LogP contribution in [0, 0.1) is 6.92 Å². The summed E-state index contributed by atoms with van der Waals surface area (Å²) in [7, 11) is 0. The van der Waals surface area contributed by atoms with Crippen molar-refractivity contribution >= 4 is 27.6 Å². The van der Waals surface area contributed by atoms with Gasteiger partial charge in [0, 0.05) is 10.5 Å². The lowest BCUT2D eigenvalue weighted by Gasteiger charge is -2.07. The van der Waals surface area contributed by atoms with Crippen LogP contribution in [0.1, 0.15) is 5.56 Å². The van der Waals surface area contributed by atoms with Gasteiger partial charge in [-0.05, 0) is 30.7 Å². The van der Waals surface area contributed by atoms with Gasteiger partial charge in [0.25, 0.3) is 0 Å². The smallest absolute Gasteiger partial charge is 0.148 e. The molecule has 2 aromatic rings. The summed E-state index contributed by atoms with van der Waals surface area (Å²) >= 11 is 3.41. The van der Waals surface area contributed by atoms with Gasteiger partial charge in [0.15, 0.2) is 0 Å². The first-order chi connectivity index (χ1) is 7.08. The first-order valence-electron chi connectivity index (χ1n) is 4.45. The standard InChI is InChI=1S/C10H11BrN4/c1-6-4-7(11)2-3-8(6)15-10(13)5-9(12)14-15/h2-5H,13H2,1H3,(H2,12,14). The van der Waals surface area contributed by atoms with Crippen LogP contribution in [0.25, 0.3) is 5.69 Å². The van der Waals surface area contributed by atoms with Crippen LogP contribution in [0.5, 0.6) is 0 Å². The Kier molecular flexibility index (Phi) is 2.40. The third-order valence-electron chi connectivity index (χ3n) is 2.14. The average molecular weight is 267 g/mol. The molecule has 0 unspecified atom stereocenters. The molecule has 0 spiro atoms. The van der Waals surface area contributed by atoms with Crippen molar-refractivity contribution in [2.45, 2.75) is 6.92 Å². The zero-order valence-electron chi connectivity index (χ0n) is 8.24. The van der Waals surface area contributed by atoms with Crippen LogP contribution in [0.4, 0.5) is 11.6 Å². The lowest BCUT2D eigenvalue weighted by molar-refractivity contribution is 0.888. The third-order valence-corrected chi connectivity index (χ3v) is 2.64. The molecule has 15 heavy (non-hydrogen) atoms. The van der Waals surface area contributed by atoms with Crippen molar-refractivity contribution in [3.8, 4) is 5.69 Å². The molecule has 0 aliphatic carbocycles. The minimum Gasteiger partial charge on any atom is -0.384 e. The topological polar surface area (TPSA) is 69.9 Å². The number of aromatic nitrogens is 2. The van der Waals surface area contributed by atoms with E-state index in [1.165, 1.54) is 0 Å². The summed E-state index contributed by atoms with van der Waals surface area (Å²) in [5.74, 6) is 0.966. The number of nitrogens with two attached hydrogens (primary N) is 2. The zero-order valence-corrected chi connectivity index (χ0v) is 9.82. The van der Waals surface area contributed by atoms with Crippen molar-refractivity contribution in [2.75, 3.05) is 11.5 Å². The molecule has 0 aliphatic heterocycles. The summed E-state index contributed by atoms with van der Waals surface area (Å²) in [5.41, 5.74) is 13.4. The van der Waals surface area contributed by atoms with Crippen LogP contribution in [0.3, 0.4) is 0 Å². The highest BCUT2D eigenvalue weighted by atomic mass is 79.9. The van der Waals surface area contributed by atoms with Gasteiger partial charge in [-0.1, -0.05) is 15.9 Å². The fraction of sp³-hybridized carbons (Fsp3) is 0.100. The van der Waals surface area contributed by atoms with Gasteiger partial charge < -0.3 is 11.5 Å². The summed E-state index contributed by atoms with van der Waals surface area (Å²) in [6.45, 7) is 2.00. The average Bonchev–Trinajstić information content (AvgIpc) is 2.45. The molecule has 1 heterocycles. The number of halogens is 1. The lowest BCUT2D eigenvalue weighted by atomic mass is 10.2. The monoisotopic (exact) mass is 266 g/mol. The van der Waals surface area contributed by atoms with Gasteiger partial charge in [0.1, 0.15) is 11.6 Å². The molecule has 0 saturated heterocycles. The summed E-state index contributed by atoms with van der Waals surface area (Å²) in [4.78, 5) is 0. The van der Waals surface area contributed by atoms with Gasteiger partial charge in [-0.2, -0.15) is 0 Å². The molecule has 4 N–H and O–H groups in total. The molecular weight excluding hydrogens is 256 g/mol. The number of anilines is 2. The van der Waals surface area contributed by atoms with Crippen LogP contribution in [0.15, 0.2) is 28.7 Å². The highest BCUT2D eigenvalue weighted by Gasteiger charge is 2.07. The Labute approximate surface area is 96.0 Å². The van der Waals surface area contributed by atoms with Crippen LogP contribution in [0.2, 0.25) is 0 Å². The number of nitrogens with zero attached hydrogens (tertiary/aromatic N) is 2. The van der Waals surface area contributed by atoms with Gasteiger partial charge >= 0.3 is 0 Å². The first kappa shape index (κ1) is 10.0. The fourth-order valence-corrected chi connectivity index (χ4v) is 1.94. The highest BCUT2D eigenvalue weighted by molar-refractivity contribution is 9.10. The van der Waals surface area contributed by atoms with E-state index in [0.29, 0.717) is 11.6 Å². The SMILES string of the molecule is Cc1cc(Br)ccc1-n1nc(N)cc1N. The Balaban J connectivity index is 2.59. The van der Waals surface area contributed by atoms with Gasteiger partial charge in [0.05, 0.1) is 5.69 Å². The van der Waals surface area contributed by atoms with E-state index in [9.17, 15) is 0 Å². The molecule has 1 aromatic heterocycles. The molecule has 0 amide bonds. The van der Waals surface area contributed by atoms with E-state index in [-0.39, 0.29) is 0 Å². The lowest BCUT2D eigenvalue weighted by Crippen LogP contribution is -2.03.